The van der Waals surface area contributed by atoms with Gasteiger partial charge in [-0.3, -0.25) is 0 Å². The molecule has 0 spiro atoms. The highest BCUT2D eigenvalue weighted by Gasteiger charge is 2.71. The van der Waals surface area contributed by atoms with Gasteiger partial charge in [0, 0.05) is 10.0 Å². The van der Waals surface area contributed by atoms with Crippen molar-refractivity contribution in [2.45, 2.75) is 18.0 Å². The molecule has 1 rings (SSSR count). The monoisotopic (exact) mass is 355 g/mol. The van der Waals surface area contributed by atoms with Crippen LogP contribution in [0.2, 0.25) is 0 Å². The van der Waals surface area contributed by atoms with Crippen LogP contribution in [-0.2, 0) is 5.60 Å². The molecule has 10 heteroatoms. The van der Waals surface area contributed by atoms with E-state index in [2.05, 4.69) is 15.9 Å². The largest absolute Gasteiger partial charge is 0.430 e. The second-order valence-electron chi connectivity index (χ2n) is 3.56. The first-order valence-electron chi connectivity index (χ1n) is 4.43. The van der Waals surface area contributed by atoms with Gasteiger partial charge in [-0.2, -0.15) is 26.3 Å². The average molecular weight is 356 g/mol. The van der Waals surface area contributed by atoms with Crippen LogP contribution in [0, 0.1) is 5.82 Å². The number of nitrogens with two attached hydrogens (primary N) is 1. The fourth-order valence-electron chi connectivity index (χ4n) is 1.28. The highest BCUT2D eigenvalue weighted by atomic mass is 79.9. The van der Waals surface area contributed by atoms with Gasteiger partial charge in [-0.05, 0) is 28.1 Å². The highest BCUT2D eigenvalue weighted by Crippen LogP contribution is 2.50. The van der Waals surface area contributed by atoms with Crippen molar-refractivity contribution >= 4 is 21.6 Å². The minimum absolute atomic E-state index is 0.110. The van der Waals surface area contributed by atoms with Crippen molar-refractivity contribution in [2.75, 3.05) is 5.73 Å². The maximum absolute atomic E-state index is 13.1. The molecule has 3 N–H and O–H groups in total. The van der Waals surface area contributed by atoms with Crippen LogP contribution < -0.4 is 5.73 Å². The van der Waals surface area contributed by atoms with Crippen LogP contribution >= 0.6 is 15.9 Å². The summed E-state index contributed by atoms with van der Waals surface area (Å²) in [5.74, 6) is -1.52. The Labute approximate surface area is 110 Å². The smallest absolute Gasteiger partial charge is 0.395 e. The molecule has 0 radical (unpaired) electrons. The number of halogens is 8. The third-order valence-corrected chi connectivity index (χ3v) is 2.97. The van der Waals surface area contributed by atoms with Crippen molar-refractivity contribution in [3.8, 4) is 0 Å². The van der Waals surface area contributed by atoms with Gasteiger partial charge in [0.1, 0.15) is 5.82 Å². The third kappa shape index (κ3) is 2.50. The summed E-state index contributed by atoms with van der Waals surface area (Å²) in [5, 5.41) is 9.02. The Kier molecular flexibility index (Phi) is 3.81. The van der Waals surface area contributed by atoms with Gasteiger partial charge in [0.15, 0.2) is 0 Å². The fraction of sp³-hybridized carbons (Fsp3) is 0.333. The van der Waals surface area contributed by atoms with Crippen molar-refractivity contribution in [3.05, 3.63) is 28.0 Å². The molecule has 2 nitrogen and oxygen atoms in total. The second kappa shape index (κ2) is 4.51. The summed E-state index contributed by atoms with van der Waals surface area (Å²) in [7, 11) is 0. The molecule has 0 heterocycles. The van der Waals surface area contributed by atoms with Crippen LogP contribution in [0.5, 0.6) is 0 Å². The van der Waals surface area contributed by atoms with Gasteiger partial charge in [0.25, 0.3) is 5.60 Å². The van der Waals surface area contributed by atoms with Crippen LogP contribution in [0.15, 0.2) is 16.6 Å². The first kappa shape index (κ1) is 16.0. The number of nitrogen functional groups attached to an aromatic ring is 1. The molecule has 0 unspecified atom stereocenters. The van der Waals surface area contributed by atoms with Gasteiger partial charge in [-0.1, -0.05) is 0 Å². The molecule has 0 aliphatic heterocycles. The van der Waals surface area contributed by atoms with Gasteiger partial charge in [-0.25, -0.2) is 4.39 Å². The van der Waals surface area contributed by atoms with Gasteiger partial charge < -0.3 is 10.8 Å². The zero-order valence-corrected chi connectivity index (χ0v) is 10.3. The van der Waals surface area contributed by atoms with Gasteiger partial charge in [0.2, 0.25) is 0 Å². The molecular weight excluding hydrogens is 351 g/mol. The van der Waals surface area contributed by atoms with Gasteiger partial charge in [-0.15, -0.1) is 0 Å². The predicted octanol–water partition coefficient (Wildman–Crippen LogP) is 3.48. The quantitative estimate of drug-likeness (QED) is 0.598. The number of aliphatic hydroxyl groups is 1. The molecule has 0 fully saturated rings. The van der Waals surface area contributed by atoms with Gasteiger partial charge >= 0.3 is 12.4 Å². The standard InChI is InChI=1S/C9H5BrF7NO/c10-4-1-3(2-5(11)6(4)18)7(19,8(12,13)14)9(15,16)17/h1-2,19H,18H2. The van der Waals surface area contributed by atoms with Gasteiger partial charge in [0.05, 0.1) is 5.69 Å². The molecule has 0 aromatic heterocycles. The lowest BCUT2D eigenvalue weighted by Gasteiger charge is -2.32. The predicted molar refractivity (Wildman–Crippen MR) is 54.5 cm³/mol. The topological polar surface area (TPSA) is 46.2 Å². The molecule has 0 bridgehead atoms. The molecule has 19 heavy (non-hydrogen) atoms. The summed E-state index contributed by atoms with van der Waals surface area (Å²) in [6.07, 6.45) is -12.2. The maximum atomic E-state index is 13.1. The summed E-state index contributed by atoms with van der Waals surface area (Å²) in [4.78, 5) is 0. The van der Waals surface area contributed by atoms with E-state index in [1.54, 1.807) is 0 Å². The van der Waals surface area contributed by atoms with Crippen LogP contribution in [0.3, 0.4) is 0 Å². The first-order valence-corrected chi connectivity index (χ1v) is 5.22. The van der Waals surface area contributed by atoms with E-state index in [0.29, 0.717) is 0 Å². The molecule has 0 amide bonds. The fourth-order valence-corrected chi connectivity index (χ4v) is 1.72. The number of alkyl halides is 6. The minimum atomic E-state index is -6.08. The number of hydrogen-bond donors (Lipinski definition) is 2. The molecule has 0 aliphatic carbocycles. The van der Waals surface area contributed by atoms with Crippen LogP contribution in [0.1, 0.15) is 5.56 Å². The molecule has 1 aromatic rings. The lowest BCUT2D eigenvalue weighted by Crippen LogP contribution is -2.54. The summed E-state index contributed by atoms with van der Waals surface area (Å²) >= 11 is 2.51. The summed E-state index contributed by atoms with van der Waals surface area (Å²) in [6, 6.07) is 0.153. The Hall–Kier alpha value is -1.03. The third-order valence-electron chi connectivity index (χ3n) is 2.32. The second-order valence-corrected chi connectivity index (χ2v) is 4.41. The van der Waals surface area contributed by atoms with Crippen LogP contribution in [0.25, 0.3) is 0 Å². The Morgan fingerprint density at radius 3 is 1.74 bits per heavy atom. The molecular formula is C9H5BrF7NO. The van der Waals surface area contributed by atoms with Crippen LogP contribution in [0.4, 0.5) is 36.4 Å². The minimum Gasteiger partial charge on any atom is -0.395 e. The Morgan fingerprint density at radius 2 is 1.42 bits per heavy atom. The molecule has 0 atom stereocenters. The normalized spacial score (nSPS) is 13.7. The zero-order chi connectivity index (χ0) is 15.2. The van der Waals surface area contributed by atoms with E-state index in [1.807, 2.05) is 0 Å². The molecule has 1 aromatic carbocycles. The van der Waals surface area contributed by atoms with Crippen molar-refractivity contribution < 1.29 is 35.8 Å². The maximum Gasteiger partial charge on any atom is 0.430 e. The van der Waals surface area contributed by atoms with Crippen LogP contribution in [-0.4, -0.2) is 17.5 Å². The number of rotatable bonds is 1. The Morgan fingerprint density at radius 1 is 1.00 bits per heavy atom. The number of benzene rings is 1. The summed E-state index contributed by atoms with van der Waals surface area (Å²) < 4.78 is 87.7. The zero-order valence-electron chi connectivity index (χ0n) is 8.70. The lowest BCUT2D eigenvalue weighted by molar-refractivity contribution is -0.376. The number of hydrogen-bond acceptors (Lipinski definition) is 2. The summed E-state index contributed by atoms with van der Waals surface area (Å²) in [5.41, 5.74) is -2.52. The molecule has 0 saturated heterocycles. The van der Waals surface area contributed by atoms with Crippen molar-refractivity contribution in [2.24, 2.45) is 0 Å². The van der Waals surface area contributed by atoms with E-state index < -0.39 is 39.5 Å². The molecule has 0 aliphatic rings. The van der Waals surface area contributed by atoms with E-state index in [9.17, 15) is 30.7 Å². The van der Waals surface area contributed by atoms with Crippen molar-refractivity contribution in [3.63, 3.8) is 0 Å². The van der Waals surface area contributed by atoms with Crippen molar-refractivity contribution in [1.29, 1.82) is 0 Å². The number of anilines is 1. The Balaban J connectivity index is 3.62. The van der Waals surface area contributed by atoms with E-state index >= 15 is 0 Å². The van der Waals surface area contributed by atoms with E-state index in [4.69, 9.17) is 10.8 Å². The van der Waals surface area contributed by atoms with E-state index in [0.717, 1.165) is 0 Å². The Bertz CT molecular complexity index is 459. The first-order chi connectivity index (χ1) is 8.32. The van der Waals surface area contributed by atoms with E-state index in [-0.39, 0.29) is 12.1 Å². The highest BCUT2D eigenvalue weighted by molar-refractivity contribution is 9.10. The SMILES string of the molecule is Nc1c(F)cc(C(O)(C(F)(F)F)C(F)(F)F)cc1Br. The molecule has 0 saturated carbocycles. The van der Waals surface area contributed by atoms with E-state index in [1.165, 1.54) is 0 Å². The summed E-state index contributed by atoms with van der Waals surface area (Å²) in [6.45, 7) is 0. The lowest BCUT2D eigenvalue weighted by atomic mass is 9.92. The van der Waals surface area contributed by atoms with Crippen molar-refractivity contribution in [1.82, 2.24) is 0 Å². The molecule has 108 valence electrons. The average Bonchev–Trinajstić information content (AvgIpc) is 2.20.